The molecule has 3 heterocycles. The summed E-state index contributed by atoms with van der Waals surface area (Å²) in [5.74, 6) is 0.614. The molecule has 2 saturated heterocycles. The Bertz CT molecular complexity index is 1170. The lowest BCUT2D eigenvalue weighted by Crippen LogP contribution is -2.49. The number of piperazine rings is 1. The van der Waals surface area contributed by atoms with Crippen LogP contribution in [0.3, 0.4) is 0 Å². The molecule has 1 aromatic carbocycles. The number of hydrogen-bond donors (Lipinski definition) is 0. The number of hydrogen-bond acceptors (Lipinski definition) is 11. The van der Waals surface area contributed by atoms with E-state index in [1.54, 1.807) is 6.20 Å². The minimum Gasteiger partial charge on any atom is -0.378 e. The highest BCUT2D eigenvalue weighted by atomic mass is 32.2. The van der Waals surface area contributed by atoms with Gasteiger partial charge in [0.25, 0.3) is 11.4 Å². The van der Waals surface area contributed by atoms with Gasteiger partial charge in [-0.25, -0.2) is 8.42 Å². The smallest absolute Gasteiger partial charge is 0.280 e. The molecule has 2 aliphatic heterocycles. The van der Waals surface area contributed by atoms with Crippen LogP contribution >= 0.6 is 0 Å². The summed E-state index contributed by atoms with van der Waals surface area (Å²) in [6.45, 7) is 4.76. The molecule has 0 atom stereocenters. The maximum absolute atomic E-state index is 13.2. The molecule has 0 radical (unpaired) electrons. The van der Waals surface area contributed by atoms with E-state index >= 15 is 0 Å². The van der Waals surface area contributed by atoms with Crippen LogP contribution in [-0.2, 0) is 14.8 Å². The van der Waals surface area contributed by atoms with Crippen molar-refractivity contribution < 1.29 is 23.0 Å². The zero-order valence-corrected chi connectivity index (χ0v) is 19.2. The minimum atomic E-state index is -4.18. The Morgan fingerprint density at radius 1 is 0.912 bits per heavy atom. The van der Waals surface area contributed by atoms with Crippen LogP contribution in [0.2, 0.25) is 0 Å². The zero-order valence-electron chi connectivity index (χ0n) is 18.4. The number of nitro groups is 2. The average Bonchev–Trinajstić information content (AvgIpc) is 2.84. The van der Waals surface area contributed by atoms with Gasteiger partial charge in [-0.2, -0.15) is 9.40 Å². The summed E-state index contributed by atoms with van der Waals surface area (Å²) < 4.78 is 32.9. The predicted molar refractivity (Wildman–Crippen MR) is 121 cm³/mol. The van der Waals surface area contributed by atoms with Crippen LogP contribution in [-0.4, -0.2) is 85.2 Å². The number of benzene rings is 1. The zero-order chi connectivity index (χ0) is 24.5. The van der Waals surface area contributed by atoms with Gasteiger partial charge in [-0.3, -0.25) is 20.2 Å². The summed E-state index contributed by atoms with van der Waals surface area (Å²) in [4.78, 5) is 24.6. The van der Waals surface area contributed by atoms with Gasteiger partial charge >= 0.3 is 0 Å². The van der Waals surface area contributed by atoms with Crippen LogP contribution in [0.1, 0.15) is 5.56 Å². The van der Waals surface area contributed by atoms with Gasteiger partial charge in [0.15, 0.2) is 5.82 Å². The molecular formula is C19H23N7O7S. The maximum Gasteiger partial charge on any atom is 0.280 e. The lowest BCUT2D eigenvalue weighted by molar-refractivity contribution is -0.395. The number of nitrogens with zero attached hydrogens (tertiary/aromatic N) is 7. The molecule has 15 heteroatoms. The number of nitro benzene ring substituents is 2. The molecule has 0 N–H and O–H groups in total. The minimum absolute atomic E-state index is 0.0846. The van der Waals surface area contributed by atoms with Gasteiger partial charge in [0, 0.05) is 57.5 Å². The summed E-state index contributed by atoms with van der Waals surface area (Å²) in [7, 11) is -4.18. The third kappa shape index (κ3) is 4.62. The first-order valence-corrected chi connectivity index (χ1v) is 12.0. The fraction of sp³-hybridized carbons (Fsp3) is 0.474. The Morgan fingerprint density at radius 3 is 2.06 bits per heavy atom. The maximum atomic E-state index is 13.2. The quantitative estimate of drug-likeness (QED) is 0.415. The molecule has 2 aromatic rings. The van der Waals surface area contributed by atoms with Gasteiger partial charge in [-0.1, -0.05) is 0 Å². The number of sulfonamides is 1. The second kappa shape index (κ2) is 9.44. The lowest BCUT2D eigenvalue weighted by Gasteiger charge is -2.35. The van der Waals surface area contributed by atoms with Gasteiger partial charge in [-0.15, -0.1) is 5.10 Å². The SMILES string of the molecule is Cc1c([N+](=O)[O-])cc(S(=O)(=O)N2CCN(c3cc(N4CCOCC4)cnn3)CC2)cc1[N+](=O)[O-]. The second-order valence-electron chi connectivity index (χ2n) is 7.86. The average molecular weight is 494 g/mol. The van der Waals surface area contributed by atoms with E-state index in [2.05, 4.69) is 15.1 Å². The summed E-state index contributed by atoms with van der Waals surface area (Å²) in [6.07, 6.45) is 1.67. The number of anilines is 2. The standard InChI is InChI=1S/C19H23N7O7S/c1-14-17(25(27)28)11-16(12-18(14)26(29)30)34(31,32)24-4-2-23(3-5-24)19-10-15(13-20-21-19)22-6-8-33-9-7-22/h10-13H,2-9H2,1H3. The summed E-state index contributed by atoms with van der Waals surface area (Å²) >= 11 is 0. The van der Waals surface area contributed by atoms with Crippen LogP contribution < -0.4 is 9.80 Å². The van der Waals surface area contributed by atoms with Crippen molar-refractivity contribution in [2.24, 2.45) is 0 Å². The highest BCUT2D eigenvalue weighted by Gasteiger charge is 2.33. The number of ether oxygens (including phenoxy) is 1. The predicted octanol–water partition coefficient (Wildman–Crippen LogP) is 0.949. The fourth-order valence-corrected chi connectivity index (χ4v) is 5.45. The van der Waals surface area contributed by atoms with Crippen molar-refractivity contribution in [1.82, 2.24) is 14.5 Å². The van der Waals surface area contributed by atoms with E-state index in [0.717, 1.165) is 30.9 Å². The molecule has 0 unspecified atom stereocenters. The molecule has 34 heavy (non-hydrogen) atoms. The van der Waals surface area contributed by atoms with E-state index < -0.39 is 36.1 Å². The topological polar surface area (TPSA) is 165 Å². The van der Waals surface area contributed by atoms with Crippen LogP contribution in [0, 0.1) is 27.2 Å². The van der Waals surface area contributed by atoms with Crippen molar-refractivity contribution in [1.29, 1.82) is 0 Å². The normalized spacial score (nSPS) is 17.6. The van der Waals surface area contributed by atoms with E-state index in [9.17, 15) is 28.6 Å². The fourth-order valence-electron chi connectivity index (χ4n) is 3.99. The van der Waals surface area contributed by atoms with Crippen molar-refractivity contribution in [2.75, 3.05) is 62.3 Å². The lowest BCUT2D eigenvalue weighted by atomic mass is 10.1. The Hall–Kier alpha value is -3.43. The Balaban J connectivity index is 1.52. The van der Waals surface area contributed by atoms with Gasteiger partial charge in [-0.05, 0) is 6.92 Å². The summed E-state index contributed by atoms with van der Waals surface area (Å²) in [5, 5.41) is 30.9. The largest absolute Gasteiger partial charge is 0.378 e. The second-order valence-corrected chi connectivity index (χ2v) is 9.80. The number of aromatic nitrogens is 2. The molecule has 14 nitrogen and oxygen atoms in total. The van der Waals surface area contributed by atoms with Crippen molar-refractivity contribution in [3.8, 4) is 0 Å². The molecule has 0 spiro atoms. The van der Waals surface area contributed by atoms with E-state index in [0.29, 0.717) is 32.1 Å². The van der Waals surface area contributed by atoms with Crippen molar-refractivity contribution in [2.45, 2.75) is 11.8 Å². The molecule has 0 amide bonds. The van der Waals surface area contributed by atoms with Crippen LogP contribution in [0.25, 0.3) is 0 Å². The molecular weight excluding hydrogens is 470 g/mol. The highest BCUT2D eigenvalue weighted by molar-refractivity contribution is 7.89. The van der Waals surface area contributed by atoms with E-state index in [1.165, 1.54) is 11.2 Å². The van der Waals surface area contributed by atoms with E-state index in [-0.39, 0.29) is 18.7 Å². The third-order valence-corrected chi connectivity index (χ3v) is 7.80. The first-order chi connectivity index (χ1) is 16.2. The summed E-state index contributed by atoms with van der Waals surface area (Å²) in [5.41, 5.74) is -0.511. The Labute approximate surface area is 195 Å². The Morgan fingerprint density at radius 2 is 1.50 bits per heavy atom. The monoisotopic (exact) mass is 493 g/mol. The molecule has 0 bridgehead atoms. The van der Waals surface area contributed by atoms with Crippen LogP contribution in [0.15, 0.2) is 29.3 Å². The number of rotatable bonds is 6. The van der Waals surface area contributed by atoms with E-state index in [4.69, 9.17) is 4.74 Å². The highest BCUT2D eigenvalue weighted by Crippen LogP contribution is 2.33. The molecule has 2 fully saturated rings. The molecule has 0 aliphatic carbocycles. The van der Waals surface area contributed by atoms with Crippen LogP contribution in [0.4, 0.5) is 22.9 Å². The van der Waals surface area contributed by atoms with Gasteiger partial charge < -0.3 is 14.5 Å². The molecule has 2 aliphatic rings. The first kappa shape index (κ1) is 23.7. The van der Waals surface area contributed by atoms with Crippen molar-refractivity contribution in [3.05, 3.63) is 50.2 Å². The van der Waals surface area contributed by atoms with E-state index in [1.807, 2.05) is 11.0 Å². The third-order valence-electron chi connectivity index (χ3n) is 5.92. The molecule has 1 aromatic heterocycles. The Kier molecular flexibility index (Phi) is 6.58. The van der Waals surface area contributed by atoms with Gasteiger partial charge in [0.05, 0.1) is 39.8 Å². The van der Waals surface area contributed by atoms with Crippen molar-refractivity contribution in [3.63, 3.8) is 0 Å². The van der Waals surface area contributed by atoms with Gasteiger partial charge in [0.1, 0.15) is 5.56 Å². The first-order valence-electron chi connectivity index (χ1n) is 10.5. The van der Waals surface area contributed by atoms with Crippen molar-refractivity contribution >= 4 is 32.9 Å². The molecule has 0 saturated carbocycles. The van der Waals surface area contributed by atoms with Gasteiger partial charge in [0.2, 0.25) is 10.0 Å². The molecule has 182 valence electrons. The van der Waals surface area contributed by atoms with Crippen LogP contribution in [0.5, 0.6) is 0 Å². The molecule has 4 rings (SSSR count). The summed E-state index contributed by atoms with van der Waals surface area (Å²) in [6, 6.07) is 3.65. The number of morpholine rings is 1.